The highest BCUT2D eigenvalue weighted by molar-refractivity contribution is 8.08. The van der Waals surface area contributed by atoms with E-state index in [2.05, 4.69) is 28.0 Å². The van der Waals surface area contributed by atoms with Gasteiger partial charge in [0.15, 0.2) is 0 Å². The summed E-state index contributed by atoms with van der Waals surface area (Å²) in [6.07, 6.45) is 1.23. The van der Waals surface area contributed by atoms with Crippen LogP contribution in [0, 0.1) is 0 Å². The SMILES string of the molecule is c1ccc(SOSc2ccc(N(CC3CO3)CC3CO3)cc2N(CC2CO2)CC2CO2)cc1. The Morgan fingerprint density at radius 2 is 1.24 bits per heavy atom. The van der Waals surface area contributed by atoms with Crippen molar-refractivity contribution in [2.45, 2.75) is 34.2 Å². The molecule has 176 valence electrons. The van der Waals surface area contributed by atoms with Crippen LogP contribution in [0.4, 0.5) is 11.4 Å². The number of anilines is 2. The molecule has 4 unspecified atom stereocenters. The maximum absolute atomic E-state index is 5.98. The van der Waals surface area contributed by atoms with Crippen molar-refractivity contribution < 1.29 is 22.6 Å². The lowest BCUT2D eigenvalue weighted by atomic mass is 10.2. The van der Waals surface area contributed by atoms with Gasteiger partial charge in [0.1, 0.15) is 0 Å². The van der Waals surface area contributed by atoms with Crippen LogP contribution in [0.2, 0.25) is 0 Å². The third-order valence-corrected chi connectivity index (χ3v) is 7.48. The summed E-state index contributed by atoms with van der Waals surface area (Å²) in [6.45, 7) is 6.85. The fraction of sp³-hybridized carbons (Fsp3) is 0.500. The number of nitrogens with zero attached hydrogens (tertiary/aromatic N) is 2. The van der Waals surface area contributed by atoms with Crippen molar-refractivity contribution in [1.29, 1.82) is 0 Å². The lowest BCUT2D eigenvalue weighted by molar-refractivity contribution is 0.388. The van der Waals surface area contributed by atoms with Gasteiger partial charge in [0.25, 0.3) is 0 Å². The Labute approximate surface area is 203 Å². The molecule has 33 heavy (non-hydrogen) atoms. The van der Waals surface area contributed by atoms with Crippen molar-refractivity contribution in [3.8, 4) is 0 Å². The number of ether oxygens (including phenoxy) is 4. The van der Waals surface area contributed by atoms with Crippen molar-refractivity contribution >= 4 is 35.5 Å². The van der Waals surface area contributed by atoms with Gasteiger partial charge in [0, 0.05) is 60.8 Å². The van der Waals surface area contributed by atoms with Crippen molar-refractivity contribution in [2.75, 3.05) is 62.4 Å². The minimum absolute atomic E-state index is 0.292. The molecule has 0 radical (unpaired) electrons. The average Bonchev–Trinajstić information content (AvgIpc) is 3.66. The molecule has 4 aliphatic heterocycles. The molecule has 4 fully saturated rings. The third-order valence-electron chi connectivity index (χ3n) is 5.95. The molecule has 0 bridgehead atoms. The number of epoxide rings is 4. The van der Waals surface area contributed by atoms with E-state index in [1.165, 1.54) is 29.8 Å². The van der Waals surface area contributed by atoms with Crippen LogP contribution in [0.5, 0.6) is 0 Å². The Morgan fingerprint density at radius 1 is 0.697 bits per heavy atom. The second-order valence-electron chi connectivity index (χ2n) is 8.83. The van der Waals surface area contributed by atoms with E-state index in [-0.39, 0.29) is 0 Å². The van der Waals surface area contributed by atoms with Gasteiger partial charge < -0.3 is 28.7 Å². The van der Waals surface area contributed by atoms with E-state index in [0.29, 0.717) is 24.4 Å². The summed E-state index contributed by atoms with van der Waals surface area (Å²) in [7, 11) is 0. The largest absolute Gasteiger partial charge is 0.371 e. The molecule has 0 amide bonds. The van der Waals surface area contributed by atoms with Crippen molar-refractivity contribution in [1.82, 2.24) is 0 Å². The summed E-state index contributed by atoms with van der Waals surface area (Å²) in [6, 6.07) is 16.8. The maximum Gasteiger partial charge on any atom is 0.0984 e. The Morgan fingerprint density at radius 3 is 1.79 bits per heavy atom. The van der Waals surface area contributed by atoms with Crippen LogP contribution in [0.3, 0.4) is 0 Å². The van der Waals surface area contributed by atoms with Crippen LogP contribution in [-0.2, 0) is 22.6 Å². The molecule has 0 aliphatic carbocycles. The first-order valence-corrected chi connectivity index (χ1v) is 12.9. The van der Waals surface area contributed by atoms with E-state index >= 15 is 0 Å². The van der Waals surface area contributed by atoms with Gasteiger partial charge in [-0.2, -0.15) is 0 Å². The molecular formula is C24H28N2O5S2. The molecule has 4 aliphatic rings. The molecule has 6 rings (SSSR count). The predicted octanol–water partition coefficient (Wildman–Crippen LogP) is 3.63. The molecular weight excluding hydrogens is 460 g/mol. The van der Waals surface area contributed by atoms with Gasteiger partial charge >= 0.3 is 0 Å². The molecule has 2 aromatic rings. The Bertz CT molecular complexity index is 908. The van der Waals surface area contributed by atoms with Crippen LogP contribution in [-0.4, -0.2) is 77.0 Å². The van der Waals surface area contributed by atoms with E-state index in [0.717, 1.165) is 68.1 Å². The molecule has 0 N–H and O–H groups in total. The van der Waals surface area contributed by atoms with Crippen LogP contribution >= 0.6 is 24.1 Å². The standard InChI is InChI=1S/C24H28N2O5S2/c1-2-4-22(5-3-1)32-31-33-24-7-6-17(25(9-18-13-27-18)10-19-14-28-19)8-23(24)26(11-20-15-29-20)12-21-16-30-21/h1-8,18-21H,9-16H2. The van der Waals surface area contributed by atoms with E-state index in [1.807, 2.05) is 30.3 Å². The topological polar surface area (TPSA) is 65.8 Å². The fourth-order valence-electron chi connectivity index (χ4n) is 3.82. The average molecular weight is 489 g/mol. The van der Waals surface area contributed by atoms with Crippen LogP contribution in [0.15, 0.2) is 58.3 Å². The first-order chi connectivity index (χ1) is 16.3. The number of rotatable bonds is 14. The minimum Gasteiger partial charge on any atom is -0.371 e. The molecule has 0 spiro atoms. The van der Waals surface area contributed by atoms with Gasteiger partial charge in [-0.3, -0.25) is 0 Å². The Kier molecular flexibility index (Phi) is 6.70. The van der Waals surface area contributed by atoms with Crippen molar-refractivity contribution in [3.05, 3.63) is 48.5 Å². The number of benzene rings is 2. The molecule has 0 saturated carbocycles. The predicted molar refractivity (Wildman–Crippen MR) is 129 cm³/mol. The van der Waals surface area contributed by atoms with Gasteiger partial charge in [0.2, 0.25) is 0 Å². The summed E-state index contributed by atoms with van der Waals surface area (Å²) in [5.74, 6) is 0. The highest BCUT2D eigenvalue weighted by atomic mass is 32.2. The first-order valence-electron chi connectivity index (χ1n) is 11.5. The smallest absolute Gasteiger partial charge is 0.0984 e. The minimum atomic E-state index is 0.292. The second kappa shape index (κ2) is 10.0. The molecule has 9 heteroatoms. The van der Waals surface area contributed by atoms with E-state index < -0.39 is 0 Å². The second-order valence-corrected chi connectivity index (χ2v) is 10.6. The van der Waals surface area contributed by atoms with Crippen molar-refractivity contribution in [2.24, 2.45) is 0 Å². The summed E-state index contributed by atoms with van der Waals surface area (Å²) >= 11 is 2.79. The first kappa shape index (κ1) is 22.0. The van der Waals surface area contributed by atoms with Crippen molar-refractivity contribution in [3.63, 3.8) is 0 Å². The normalized spacial score (nSPS) is 26.7. The van der Waals surface area contributed by atoms with Crippen LogP contribution in [0.25, 0.3) is 0 Å². The monoisotopic (exact) mass is 488 g/mol. The number of hydrogen-bond acceptors (Lipinski definition) is 9. The van der Waals surface area contributed by atoms with Gasteiger partial charge in [0.05, 0.1) is 61.4 Å². The molecule has 7 nitrogen and oxygen atoms in total. The lowest BCUT2D eigenvalue weighted by Gasteiger charge is -2.29. The zero-order valence-corrected chi connectivity index (χ0v) is 20.0. The zero-order chi connectivity index (χ0) is 22.0. The summed E-state index contributed by atoms with van der Waals surface area (Å²) in [5, 5.41) is 0. The molecule has 4 heterocycles. The molecule has 2 aromatic carbocycles. The van der Waals surface area contributed by atoms with Gasteiger partial charge in [-0.25, -0.2) is 3.63 Å². The maximum atomic E-state index is 5.98. The van der Waals surface area contributed by atoms with Crippen LogP contribution in [0.1, 0.15) is 0 Å². The van der Waals surface area contributed by atoms with E-state index in [4.69, 9.17) is 22.6 Å². The zero-order valence-electron chi connectivity index (χ0n) is 18.3. The Balaban J connectivity index is 1.23. The number of hydrogen-bond donors (Lipinski definition) is 0. The third kappa shape index (κ3) is 6.57. The van der Waals surface area contributed by atoms with E-state index in [9.17, 15) is 0 Å². The summed E-state index contributed by atoms with van der Waals surface area (Å²) < 4.78 is 28.2. The van der Waals surface area contributed by atoms with Gasteiger partial charge in [-0.05, 0) is 30.3 Å². The highest BCUT2D eigenvalue weighted by Crippen LogP contribution is 2.39. The molecule has 4 saturated heterocycles. The molecule has 0 aromatic heterocycles. The van der Waals surface area contributed by atoms with Gasteiger partial charge in [-0.15, -0.1) is 0 Å². The Hall–Kier alpha value is -1.46. The van der Waals surface area contributed by atoms with E-state index in [1.54, 1.807) is 0 Å². The van der Waals surface area contributed by atoms with Crippen LogP contribution < -0.4 is 9.80 Å². The lowest BCUT2D eigenvalue weighted by Crippen LogP contribution is -2.34. The quantitative estimate of drug-likeness (QED) is 0.293. The fourth-order valence-corrected chi connectivity index (χ4v) is 5.23. The molecule has 4 atom stereocenters. The van der Waals surface area contributed by atoms with Gasteiger partial charge in [-0.1, -0.05) is 18.2 Å². The highest BCUT2D eigenvalue weighted by Gasteiger charge is 2.34. The summed E-state index contributed by atoms with van der Waals surface area (Å²) in [4.78, 5) is 6.97. The summed E-state index contributed by atoms with van der Waals surface area (Å²) in [5.41, 5.74) is 2.35.